The number of carboxylic acids is 1. The number of benzene rings is 2. The number of aromatic nitrogens is 1. The molecule has 1 amide bonds. The summed E-state index contributed by atoms with van der Waals surface area (Å²) in [6, 6.07) is 11.5. The Hall–Kier alpha value is -3.31. The number of nitrogens with zero attached hydrogens (tertiary/aromatic N) is 4. The molecule has 230 valence electrons. The number of ether oxygens (including phenoxy) is 1. The Morgan fingerprint density at radius 1 is 1.00 bits per heavy atom. The van der Waals surface area contributed by atoms with Gasteiger partial charge < -0.3 is 28.8 Å². The third kappa shape index (κ3) is 6.62. The molecule has 1 aliphatic heterocycles. The summed E-state index contributed by atoms with van der Waals surface area (Å²) in [6.07, 6.45) is 7.77. The van der Waals surface area contributed by atoms with E-state index >= 15 is 0 Å². The van der Waals surface area contributed by atoms with Gasteiger partial charge in [-0.05, 0) is 80.4 Å². The van der Waals surface area contributed by atoms with Crippen LogP contribution in [0.1, 0.15) is 59.5 Å². The zero-order chi connectivity index (χ0) is 30.7. The lowest BCUT2D eigenvalue weighted by molar-refractivity contribution is -0.126. The fraction of sp³-hybridized carbons (Fsp3) is 0.455. The maximum atomic E-state index is 14.0. The molecule has 2 aliphatic rings. The van der Waals surface area contributed by atoms with Gasteiger partial charge in [-0.25, -0.2) is 9.10 Å². The Morgan fingerprint density at radius 2 is 1.74 bits per heavy atom. The van der Waals surface area contributed by atoms with Crippen LogP contribution in [0.4, 0.5) is 0 Å². The van der Waals surface area contributed by atoms with Crippen molar-refractivity contribution in [2.75, 3.05) is 54.4 Å². The van der Waals surface area contributed by atoms with Gasteiger partial charge in [-0.2, -0.15) is 0 Å². The van der Waals surface area contributed by atoms with Gasteiger partial charge in [-0.1, -0.05) is 25.3 Å². The van der Waals surface area contributed by atoms with Crippen LogP contribution in [-0.2, 0) is 11.3 Å². The SMILES string of the molecule is COc1ccc2c(c1)C=C(C(=O)N(C)CCN(C)CCN(C)SO)Cn1c-2c(C2CCCCC2)c2ccc(C(=O)O)cc21. The predicted molar refractivity (Wildman–Crippen MR) is 173 cm³/mol. The van der Waals surface area contributed by atoms with E-state index < -0.39 is 5.97 Å². The molecule has 0 spiro atoms. The van der Waals surface area contributed by atoms with Gasteiger partial charge >= 0.3 is 5.97 Å². The van der Waals surface area contributed by atoms with E-state index in [9.17, 15) is 19.2 Å². The molecule has 43 heavy (non-hydrogen) atoms. The maximum Gasteiger partial charge on any atom is 0.335 e. The number of amides is 1. The number of rotatable bonds is 11. The molecule has 1 aliphatic carbocycles. The van der Waals surface area contributed by atoms with Crippen LogP contribution in [0.3, 0.4) is 0 Å². The van der Waals surface area contributed by atoms with Crippen molar-refractivity contribution >= 4 is 41.1 Å². The Labute approximate surface area is 258 Å². The standard InChI is InChI=1S/C33H42N4O5S/c1-34(15-17-36(3)43-41)14-16-35(2)32(38)25-18-24-19-26(42-4)11-13-27(24)31-30(22-8-6-5-7-9-22)28-12-10-23(33(39)40)20-29(28)37(31)21-25/h10-13,18-20,22,41H,5-9,14-17,21H2,1-4H3,(H,39,40). The average Bonchev–Trinajstić information content (AvgIpc) is 3.24. The first-order valence-corrected chi connectivity index (χ1v) is 15.7. The highest BCUT2D eigenvalue weighted by Crippen LogP contribution is 2.47. The van der Waals surface area contributed by atoms with E-state index in [4.69, 9.17) is 4.74 Å². The molecule has 0 unspecified atom stereocenters. The summed E-state index contributed by atoms with van der Waals surface area (Å²) >= 11 is 0.713. The lowest BCUT2D eigenvalue weighted by Crippen LogP contribution is -2.37. The number of aromatic carboxylic acids is 1. The number of carbonyl (C=O) groups is 2. The summed E-state index contributed by atoms with van der Waals surface area (Å²) in [5.74, 6) is 0.0694. The lowest BCUT2D eigenvalue weighted by Gasteiger charge is -2.24. The molecule has 2 N–H and O–H groups in total. The van der Waals surface area contributed by atoms with Crippen LogP contribution in [-0.4, -0.2) is 94.6 Å². The van der Waals surface area contributed by atoms with Crippen molar-refractivity contribution in [1.29, 1.82) is 0 Å². The van der Waals surface area contributed by atoms with Gasteiger partial charge in [-0.3, -0.25) is 4.79 Å². The molecule has 0 atom stereocenters. The van der Waals surface area contributed by atoms with Crippen molar-refractivity contribution in [3.63, 3.8) is 0 Å². The Balaban J connectivity index is 1.57. The summed E-state index contributed by atoms with van der Waals surface area (Å²) in [5.41, 5.74) is 6.04. The fourth-order valence-electron chi connectivity index (χ4n) is 6.44. The second kappa shape index (κ2) is 13.5. The summed E-state index contributed by atoms with van der Waals surface area (Å²) < 4.78 is 18.7. The molecule has 1 fully saturated rings. The fourth-order valence-corrected chi connectivity index (χ4v) is 6.60. The molecule has 1 saturated carbocycles. The second-order valence-electron chi connectivity index (χ2n) is 11.8. The van der Waals surface area contributed by atoms with Crippen LogP contribution in [0, 0.1) is 0 Å². The predicted octanol–water partition coefficient (Wildman–Crippen LogP) is 5.90. The third-order valence-electron chi connectivity index (χ3n) is 8.91. The number of hydrogen-bond donors (Lipinski definition) is 2. The van der Waals surface area contributed by atoms with E-state index in [0.717, 1.165) is 52.9 Å². The Morgan fingerprint density at radius 3 is 2.44 bits per heavy atom. The summed E-state index contributed by atoms with van der Waals surface area (Å²) in [5, 5.41) is 10.9. The van der Waals surface area contributed by atoms with Gasteiger partial charge in [-0.15, -0.1) is 0 Å². The van der Waals surface area contributed by atoms with Crippen molar-refractivity contribution in [1.82, 2.24) is 18.7 Å². The van der Waals surface area contributed by atoms with Crippen molar-refractivity contribution in [3.05, 3.63) is 58.7 Å². The van der Waals surface area contributed by atoms with Crippen LogP contribution in [0.5, 0.6) is 5.75 Å². The lowest BCUT2D eigenvalue weighted by atomic mass is 9.81. The molecule has 3 aromatic rings. The Bertz CT molecular complexity index is 1530. The van der Waals surface area contributed by atoms with Crippen molar-refractivity contribution in [3.8, 4) is 17.0 Å². The molecule has 10 heteroatoms. The number of carbonyl (C=O) groups excluding carboxylic acids is 1. The highest BCUT2D eigenvalue weighted by atomic mass is 32.2. The van der Waals surface area contributed by atoms with Gasteiger partial charge in [0.2, 0.25) is 0 Å². The summed E-state index contributed by atoms with van der Waals surface area (Å²) in [6.45, 7) is 3.04. The maximum absolute atomic E-state index is 14.0. The van der Waals surface area contributed by atoms with E-state index in [2.05, 4.69) is 15.5 Å². The smallest absolute Gasteiger partial charge is 0.335 e. The zero-order valence-corrected chi connectivity index (χ0v) is 26.3. The van der Waals surface area contributed by atoms with Gasteiger partial charge in [0.15, 0.2) is 0 Å². The van der Waals surface area contributed by atoms with Crippen LogP contribution in [0.15, 0.2) is 42.0 Å². The van der Waals surface area contributed by atoms with E-state index in [0.29, 0.717) is 49.9 Å². The molecule has 2 aromatic carbocycles. The van der Waals surface area contributed by atoms with E-state index in [1.54, 1.807) is 28.4 Å². The average molecular weight is 607 g/mol. The quantitative estimate of drug-likeness (QED) is 0.206. The van der Waals surface area contributed by atoms with Crippen LogP contribution >= 0.6 is 12.2 Å². The highest BCUT2D eigenvalue weighted by Gasteiger charge is 2.31. The Kier molecular flexibility index (Phi) is 9.81. The van der Waals surface area contributed by atoms with Gasteiger partial charge in [0.1, 0.15) is 5.75 Å². The van der Waals surface area contributed by atoms with Crippen molar-refractivity contribution in [2.24, 2.45) is 0 Å². The van der Waals surface area contributed by atoms with Gasteiger partial charge in [0.05, 0.1) is 37.1 Å². The third-order valence-corrected chi connectivity index (χ3v) is 9.37. The second-order valence-corrected chi connectivity index (χ2v) is 12.6. The van der Waals surface area contributed by atoms with Crippen LogP contribution in [0.25, 0.3) is 28.2 Å². The summed E-state index contributed by atoms with van der Waals surface area (Å²) in [7, 11) is 7.31. The van der Waals surface area contributed by atoms with E-state index in [-0.39, 0.29) is 11.5 Å². The molecule has 0 saturated heterocycles. The summed E-state index contributed by atoms with van der Waals surface area (Å²) in [4.78, 5) is 30.0. The van der Waals surface area contributed by atoms with Crippen molar-refractivity contribution in [2.45, 2.75) is 44.6 Å². The highest BCUT2D eigenvalue weighted by molar-refractivity contribution is 7.91. The van der Waals surface area contributed by atoms with Crippen LogP contribution in [0.2, 0.25) is 0 Å². The monoisotopic (exact) mass is 606 g/mol. The number of carboxylic acid groups (broad SMARTS) is 1. The minimum Gasteiger partial charge on any atom is -0.497 e. The molecule has 0 radical (unpaired) electrons. The minimum atomic E-state index is -0.963. The van der Waals surface area contributed by atoms with Gasteiger partial charge in [0, 0.05) is 55.3 Å². The number of likely N-dealkylation sites (N-methyl/N-ethyl adjacent to an activating group) is 3. The topological polar surface area (TPSA) is 98.5 Å². The first-order valence-electron chi connectivity index (χ1n) is 15.0. The van der Waals surface area contributed by atoms with E-state index in [1.165, 1.54) is 24.8 Å². The molecule has 2 heterocycles. The van der Waals surface area contributed by atoms with Crippen LogP contribution < -0.4 is 4.74 Å². The minimum absolute atomic E-state index is 0.0616. The first-order chi connectivity index (χ1) is 20.7. The molecule has 0 bridgehead atoms. The number of methoxy groups -OCH3 is 1. The van der Waals surface area contributed by atoms with Gasteiger partial charge in [0.25, 0.3) is 5.91 Å². The molecule has 9 nitrogen and oxygen atoms in total. The zero-order valence-electron chi connectivity index (χ0n) is 25.5. The van der Waals surface area contributed by atoms with E-state index in [1.807, 2.05) is 45.4 Å². The first kappa shape index (κ1) is 31.1. The molecule has 5 rings (SSSR count). The molecular weight excluding hydrogens is 564 g/mol. The van der Waals surface area contributed by atoms with Crippen molar-refractivity contribution < 1.29 is 24.0 Å². The molecule has 1 aromatic heterocycles. The number of fused-ring (bicyclic) bond motifs is 5. The largest absolute Gasteiger partial charge is 0.497 e. The molecular formula is C33H42N4O5S. The normalized spacial score (nSPS) is 15.3. The number of hydrogen-bond acceptors (Lipinski definition) is 7.